The maximum Gasteiger partial charge on any atom is 0.124 e. The minimum atomic E-state index is -4.28. The van der Waals surface area contributed by atoms with Crippen LogP contribution in [0.1, 0.15) is 22.3 Å². The molecule has 244 valence electrons. The molecule has 0 saturated carbocycles. The average Bonchev–Trinajstić information content (AvgIpc) is 2.88. The van der Waals surface area contributed by atoms with Crippen LogP contribution in [0.2, 0.25) is 0 Å². The Morgan fingerprint density at radius 2 is 0.467 bits per heavy atom. The summed E-state index contributed by atoms with van der Waals surface area (Å²) in [6.07, 6.45) is 0. The fraction of sp³-hybridized carbons (Fsp3) is 0.143. The molecule has 4 aromatic rings. The number of aryl methyl sites for hydroxylation is 4. The van der Waals surface area contributed by atoms with Gasteiger partial charge in [0, 0.05) is 27.3 Å². The van der Waals surface area contributed by atoms with Crippen molar-refractivity contribution in [3.8, 4) is 0 Å². The van der Waals surface area contributed by atoms with E-state index in [1.54, 1.807) is 76.2 Å². The van der Waals surface area contributed by atoms with Crippen LogP contribution in [0.5, 0.6) is 0 Å². The van der Waals surface area contributed by atoms with E-state index in [-0.39, 0.29) is 46.9 Å². The van der Waals surface area contributed by atoms with Crippen molar-refractivity contribution in [2.45, 2.75) is 47.3 Å². The zero-order chi connectivity index (χ0) is 33.9. The Labute approximate surface area is 284 Å². The smallest absolute Gasteiger partial charge is 0.124 e. The van der Waals surface area contributed by atoms with E-state index in [4.69, 9.17) is 0 Å². The Hall–Kier alpha value is -2.56. The van der Waals surface area contributed by atoms with Crippen molar-refractivity contribution in [1.82, 2.24) is 0 Å². The Kier molecular flexibility index (Phi) is 16.9. The Morgan fingerprint density at radius 3 is 0.556 bits per heavy atom. The van der Waals surface area contributed by atoms with Gasteiger partial charge in [-0.2, -0.15) is 0 Å². The molecule has 17 heteroatoms. The van der Waals surface area contributed by atoms with Gasteiger partial charge in [0.15, 0.2) is 0 Å². The molecule has 4 radical (unpaired) electrons. The fourth-order valence-corrected chi connectivity index (χ4v) is 6.18. The first-order valence-electron chi connectivity index (χ1n) is 12.1. The molecule has 0 aliphatic rings. The van der Waals surface area contributed by atoms with Crippen molar-refractivity contribution in [1.29, 1.82) is 0 Å². The van der Waals surface area contributed by atoms with Crippen molar-refractivity contribution in [3.63, 3.8) is 0 Å². The van der Waals surface area contributed by atoms with Gasteiger partial charge < -0.3 is 18.2 Å². The first kappa shape index (κ1) is 42.4. The molecule has 0 bridgehead atoms. The van der Waals surface area contributed by atoms with Crippen molar-refractivity contribution < 1.29 is 51.9 Å². The number of hydrogen-bond donors (Lipinski definition) is 0. The van der Waals surface area contributed by atoms with E-state index in [0.29, 0.717) is 22.3 Å². The Morgan fingerprint density at radius 1 is 0.333 bits per heavy atom. The van der Waals surface area contributed by atoms with Gasteiger partial charge in [0.2, 0.25) is 0 Å². The first-order valence-corrected chi connectivity index (χ1v) is 17.8. The molecule has 0 atom stereocenters. The van der Waals surface area contributed by atoms with Gasteiger partial charge in [-0.15, -0.1) is 0 Å². The summed E-state index contributed by atoms with van der Waals surface area (Å²) >= 11 is 0. The van der Waals surface area contributed by atoms with E-state index < -0.39 is 40.5 Å². The van der Waals surface area contributed by atoms with Gasteiger partial charge in [-0.1, -0.05) is 72.8 Å². The summed E-state index contributed by atoms with van der Waals surface area (Å²) in [6.45, 7) is 6.35. The largest absolute Gasteiger partial charge is 0.744 e. The van der Waals surface area contributed by atoms with Crippen LogP contribution in [0.25, 0.3) is 0 Å². The molecule has 0 unspecified atom stereocenters. The topological polar surface area (TPSA) is 229 Å². The van der Waals surface area contributed by atoms with Gasteiger partial charge in [-0.05, 0) is 74.2 Å². The van der Waals surface area contributed by atoms with Crippen LogP contribution in [0, 0.1) is 27.7 Å². The predicted molar refractivity (Wildman–Crippen MR) is 162 cm³/mol. The van der Waals surface area contributed by atoms with Crippen LogP contribution >= 0.6 is 0 Å². The van der Waals surface area contributed by atoms with Gasteiger partial charge >= 0.3 is 0 Å². The van der Waals surface area contributed by atoms with Crippen LogP contribution in [0.3, 0.4) is 0 Å². The van der Waals surface area contributed by atoms with Crippen molar-refractivity contribution in [2.75, 3.05) is 0 Å². The summed E-state index contributed by atoms with van der Waals surface area (Å²) in [4.78, 5) is -0.556. The molecule has 4 aromatic carbocycles. The van der Waals surface area contributed by atoms with E-state index in [9.17, 15) is 51.9 Å². The van der Waals surface area contributed by atoms with Gasteiger partial charge in [-0.25, -0.2) is 33.7 Å². The van der Waals surface area contributed by atoms with Crippen molar-refractivity contribution >= 4 is 67.8 Å². The van der Waals surface area contributed by atoms with Crippen LogP contribution in [-0.2, 0) is 40.5 Å². The molecule has 0 aromatic heterocycles. The molecule has 4 rings (SSSR count). The molecule has 0 spiro atoms. The molecular formula is C28H28O12PbS4-4. The average molecular weight is 892 g/mol. The van der Waals surface area contributed by atoms with E-state index in [1.807, 2.05) is 0 Å². The van der Waals surface area contributed by atoms with Crippen LogP contribution in [0.4, 0.5) is 0 Å². The first-order chi connectivity index (χ1) is 20.1. The third-order valence-corrected chi connectivity index (χ3v) is 9.44. The van der Waals surface area contributed by atoms with E-state index >= 15 is 0 Å². The molecule has 0 N–H and O–H groups in total. The van der Waals surface area contributed by atoms with Crippen LogP contribution in [-0.4, -0.2) is 79.2 Å². The van der Waals surface area contributed by atoms with Gasteiger partial charge in [0.25, 0.3) is 0 Å². The van der Waals surface area contributed by atoms with E-state index in [1.165, 1.54) is 48.5 Å². The predicted octanol–water partition coefficient (Wildman–Crippen LogP) is 3.22. The SMILES string of the molecule is Cc1ccccc1S(=O)(=O)[O-].Cc1ccccc1S(=O)(=O)[O-].Cc1ccccc1S(=O)(=O)[O-].Cc1ccccc1S(=O)(=O)[O-].[Pb]. The summed E-state index contributed by atoms with van der Waals surface area (Å²) in [7, 11) is -17.1. The van der Waals surface area contributed by atoms with Crippen LogP contribution in [0.15, 0.2) is 117 Å². The third-order valence-electron chi connectivity index (χ3n) is 5.45. The Bertz CT molecular complexity index is 1720. The zero-order valence-corrected chi connectivity index (χ0v) is 31.4. The summed E-state index contributed by atoms with van der Waals surface area (Å²) in [5.74, 6) is 0. The quantitative estimate of drug-likeness (QED) is 0.213. The molecular weight excluding hydrogens is 864 g/mol. The Balaban J connectivity index is 0.000000569. The molecule has 0 amide bonds. The molecule has 12 nitrogen and oxygen atoms in total. The van der Waals surface area contributed by atoms with Crippen molar-refractivity contribution in [3.05, 3.63) is 119 Å². The van der Waals surface area contributed by atoms with Gasteiger partial charge in [0.1, 0.15) is 40.5 Å². The van der Waals surface area contributed by atoms with Gasteiger partial charge in [-0.3, -0.25) is 0 Å². The molecule has 0 aliphatic heterocycles. The minimum absolute atomic E-state index is 0. The fourth-order valence-electron chi connectivity index (χ4n) is 3.35. The van der Waals surface area contributed by atoms with E-state index in [0.717, 1.165) is 0 Å². The van der Waals surface area contributed by atoms with Crippen molar-refractivity contribution in [2.24, 2.45) is 0 Å². The second-order valence-electron chi connectivity index (χ2n) is 8.88. The zero-order valence-electron chi connectivity index (χ0n) is 24.3. The molecule has 0 fully saturated rings. The summed E-state index contributed by atoms with van der Waals surface area (Å²) < 4.78 is 126. The standard InChI is InChI=1S/4C7H8O3S.Pb/c4*1-6-4-2-3-5-7(6)11(8,9)10;/h4*2-5H,1H3,(H,8,9,10);/p-4. The monoisotopic (exact) mass is 892 g/mol. The number of hydrogen-bond acceptors (Lipinski definition) is 12. The molecule has 0 aliphatic carbocycles. The normalized spacial score (nSPS) is 11.2. The second kappa shape index (κ2) is 18.0. The molecule has 45 heavy (non-hydrogen) atoms. The summed E-state index contributed by atoms with van der Waals surface area (Å²) in [5, 5.41) is 0. The minimum Gasteiger partial charge on any atom is -0.744 e. The number of rotatable bonds is 4. The maximum atomic E-state index is 10.5. The third kappa shape index (κ3) is 15.1. The number of benzene rings is 4. The summed E-state index contributed by atoms with van der Waals surface area (Å²) in [5.41, 5.74) is 1.95. The maximum absolute atomic E-state index is 10.5. The molecule has 0 heterocycles. The van der Waals surface area contributed by atoms with Gasteiger partial charge in [0.05, 0.1) is 19.6 Å². The molecule has 0 saturated heterocycles. The van der Waals surface area contributed by atoms with Crippen LogP contribution < -0.4 is 0 Å². The van der Waals surface area contributed by atoms with E-state index in [2.05, 4.69) is 0 Å². The summed E-state index contributed by atoms with van der Waals surface area (Å²) in [6, 6.07) is 24.4. The second-order valence-corrected chi connectivity index (χ2v) is 14.3.